The molecule has 1 aromatic rings. The molecule has 1 aromatic carbocycles. The van der Waals surface area contributed by atoms with Gasteiger partial charge in [-0.2, -0.15) is 0 Å². The second kappa shape index (κ2) is 6.43. The fourth-order valence-corrected chi connectivity index (χ4v) is 2.18. The molecule has 5 heteroatoms. The number of nitrogens with two attached hydrogens (primary N) is 1. The van der Waals surface area contributed by atoms with E-state index in [1.807, 2.05) is 36.2 Å². The van der Waals surface area contributed by atoms with E-state index in [9.17, 15) is 4.79 Å². The largest absolute Gasteiger partial charge is 0.399 e. The van der Waals surface area contributed by atoms with Crippen LogP contribution < -0.4 is 16.0 Å². The van der Waals surface area contributed by atoms with Crippen LogP contribution in [-0.4, -0.2) is 38.8 Å². The number of nitrogens with zero attached hydrogens (tertiary/aromatic N) is 1. The summed E-state index contributed by atoms with van der Waals surface area (Å²) in [7, 11) is 1.89. The molecule has 0 aromatic heterocycles. The van der Waals surface area contributed by atoms with Crippen LogP contribution in [0, 0.1) is 0 Å². The first-order valence-electron chi connectivity index (χ1n) is 6.59. The van der Waals surface area contributed by atoms with E-state index in [2.05, 4.69) is 5.32 Å². The van der Waals surface area contributed by atoms with E-state index >= 15 is 0 Å². The maximum atomic E-state index is 12.0. The van der Waals surface area contributed by atoms with Gasteiger partial charge in [-0.15, -0.1) is 0 Å². The molecule has 1 saturated heterocycles. The Morgan fingerprint density at radius 2 is 2.21 bits per heavy atom. The molecule has 19 heavy (non-hydrogen) atoms. The number of likely N-dealkylation sites (N-methyl/N-ethyl adjacent to an activating group) is 1. The molecule has 104 valence electrons. The van der Waals surface area contributed by atoms with Crippen molar-refractivity contribution < 1.29 is 9.53 Å². The normalized spacial score (nSPS) is 16.1. The van der Waals surface area contributed by atoms with Crippen molar-refractivity contribution in [1.82, 2.24) is 5.32 Å². The molecule has 1 heterocycles. The Hall–Kier alpha value is -1.75. The molecule has 0 radical (unpaired) electrons. The fraction of sp³-hybridized carbons (Fsp3) is 0.500. The number of ether oxygens (including phenoxy) is 1. The summed E-state index contributed by atoms with van der Waals surface area (Å²) < 4.78 is 5.27. The van der Waals surface area contributed by atoms with E-state index in [-0.39, 0.29) is 11.9 Å². The number of carbonyl (C=O) groups excluding carboxylic acids is 1. The zero-order valence-corrected chi connectivity index (χ0v) is 11.3. The van der Waals surface area contributed by atoms with Crippen molar-refractivity contribution in [2.75, 3.05) is 37.4 Å². The van der Waals surface area contributed by atoms with Crippen molar-refractivity contribution >= 4 is 17.3 Å². The van der Waals surface area contributed by atoms with Crippen molar-refractivity contribution in [2.45, 2.75) is 18.9 Å². The van der Waals surface area contributed by atoms with Crippen molar-refractivity contribution in [3.63, 3.8) is 0 Å². The third-order valence-electron chi connectivity index (χ3n) is 3.28. The van der Waals surface area contributed by atoms with Gasteiger partial charge in [-0.05, 0) is 31.0 Å². The summed E-state index contributed by atoms with van der Waals surface area (Å²) in [5.74, 6) is 0.0387. The van der Waals surface area contributed by atoms with Crippen LogP contribution in [0.15, 0.2) is 24.3 Å². The minimum atomic E-state index is 0.0387. The molecule has 1 fully saturated rings. The predicted octanol–water partition coefficient (Wildman–Crippen LogP) is 1.00. The van der Waals surface area contributed by atoms with Gasteiger partial charge in [0.1, 0.15) is 0 Å². The molecule has 0 aliphatic carbocycles. The van der Waals surface area contributed by atoms with Gasteiger partial charge in [0.05, 0.1) is 6.54 Å². The zero-order valence-electron chi connectivity index (χ0n) is 11.3. The summed E-state index contributed by atoms with van der Waals surface area (Å²) in [6.45, 7) is 1.80. The van der Waals surface area contributed by atoms with Crippen molar-refractivity contribution in [2.24, 2.45) is 0 Å². The van der Waals surface area contributed by atoms with Crippen molar-refractivity contribution in [3.05, 3.63) is 24.3 Å². The Morgan fingerprint density at radius 1 is 1.47 bits per heavy atom. The minimum absolute atomic E-state index is 0.0387. The number of hydrogen-bond donors (Lipinski definition) is 2. The molecule has 0 saturated carbocycles. The van der Waals surface area contributed by atoms with E-state index in [4.69, 9.17) is 10.5 Å². The monoisotopic (exact) mass is 263 g/mol. The predicted molar refractivity (Wildman–Crippen MR) is 76.1 cm³/mol. The first kappa shape index (κ1) is 13.7. The molecule has 0 unspecified atom stereocenters. The quantitative estimate of drug-likeness (QED) is 0.795. The number of carbonyl (C=O) groups is 1. The Labute approximate surface area is 113 Å². The average Bonchev–Trinajstić information content (AvgIpc) is 2.39. The molecular formula is C14H21N3O2. The zero-order chi connectivity index (χ0) is 13.7. The van der Waals surface area contributed by atoms with Crippen LogP contribution in [0.2, 0.25) is 0 Å². The smallest absolute Gasteiger partial charge is 0.239 e. The van der Waals surface area contributed by atoms with Crippen LogP contribution in [-0.2, 0) is 9.53 Å². The van der Waals surface area contributed by atoms with Gasteiger partial charge in [0.2, 0.25) is 5.91 Å². The Kier molecular flexibility index (Phi) is 4.63. The second-order valence-electron chi connectivity index (χ2n) is 4.91. The fourth-order valence-electron chi connectivity index (χ4n) is 2.18. The molecule has 1 aliphatic rings. The maximum Gasteiger partial charge on any atom is 0.239 e. The van der Waals surface area contributed by atoms with Crippen LogP contribution in [0.4, 0.5) is 11.4 Å². The van der Waals surface area contributed by atoms with Crippen LogP contribution in [0.5, 0.6) is 0 Å². The van der Waals surface area contributed by atoms with E-state index in [0.717, 1.165) is 31.7 Å². The van der Waals surface area contributed by atoms with E-state index in [0.29, 0.717) is 12.2 Å². The van der Waals surface area contributed by atoms with Gasteiger partial charge in [0.25, 0.3) is 0 Å². The second-order valence-corrected chi connectivity index (χ2v) is 4.91. The number of anilines is 2. The first-order valence-corrected chi connectivity index (χ1v) is 6.59. The van der Waals surface area contributed by atoms with Gasteiger partial charge < -0.3 is 20.7 Å². The van der Waals surface area contributed by atoms with Gasteiger partial charge >= 0.3 is 0 Å². The Bertz CT molecular complexity index is 430. The molecule has 5 nitrogen and oxygen atoms in total. The maximum absolute atomic E-state index is 12.0. The molecule has 0 bridgehead atoms. The summed E-state index contributed by atoms with van der Waals surface area (Å²) >= 11 is 0. The highest BCUT2D eigenvalue weighted by Gasteiger charge is 2.16. The summed E-state index contributed by atoms with van der Waals surface area (Å²) in [6, 6.07) is 7.77. The third kappa shape index (κ3) is 4.13. The van der Waals surface area contributed by atoms with Gasteiger partial charge in [0, 0.05) is 37.7 Å². The van der Waals surface area contributed by atoms with Crippen LogP contribution in [0.1, 0.15) is 12.8 Å². The number of rotatable bonds is 4. The summed E-state index contributed by atoms with van der Waals surface area (Å²) in [4.78, 5) is 13.8. The topological polar surface area (TPSA) is 67.6 Å². The van der Waals surface area contributed by atoms with Crippen molar-refractivity contribution in [3.8, 4) is 0 Å². The van der Waals surface area contributed by atoms with Crippen LogP contribution in [0.3, 0.4) is 0 Å². The number of hydrogen-bond acceptors (Lipinski definition) is 4. The molecule has 3 N–H and O–H groups in total. The molecule has 0 atom stereocenters. The Morgan fingerprint density at radius 3 is 2.89 bits per heavy atom. The van der Waals surface area contributed by atoms with E-state index in [1.165, 1.54) is 0 Å². The molecule has 1 aliphatic heterocycles. The SMILES string of the molecule is CN(CC(=O)NC1CCOCC1)c1cccc(N)c1. The van der Waals surface area contributed by atoms with Crippen LogP contribution >= 0.6 is 0 Å². The molecular weight excluding hydrogens is 242 g/mol. The third-order valence-corrected chi connectivity index (χ3v) is 3.28. The highest BCUT2D eigenvalue weighted by atomic mass is 16.5. The number of nitrogens with one attached hydrogen (secondary N) is 1. The van der Waals surface area contributed by atoms with Gasteiger partial charge in [0.15, 0.2) is 0 Å². The lowest BCUT2D eigenvalue weighted by Gasteiger charge is -2.25. The van der Waals surface area contributed by atoms with Gasteiger partial charge in [-0.25, -0.2) is 0 Å². The summed E-state index contributed by atoms with van der Waals surface area (Å²) in [6.07, 6.45) is 1.79. The lowest BCUT2D eigenvalue weighted by molar-refractivity contribution is -0.121. The average molecular weight is 263 g/mol. The Balaban J connectivity index is 1.84. The van der Waals surface area contributed by atoms with Crippen LogP contribution in [0.25, 0.3) is 0 Å². The lowest BCUT2D eigenvalue weighted by Crippen LogP contribution is -2.43. The number of benzene rings is 1. The molecule has 1 amide bonds. The molecule has 2 rings (SSSR count). The molecule has 0 spiro atoms. The van der Waals surface area contributed by atoms with Gasteiger partial charge in [-0.1, -0.05) is 6.07 Å². The summed E-state index contributed by atoms with van der Waals surface area (Å²) in [5, 5.41) is 3.04. The van der Waals surface area contributed by atoms with E-state index < -0.39 is 0 Å². The highest BCUT2D eigenvalue weighted by Crippen LogP contribution is 2.15. The number of nitrogen functional groups attached to an aromatic ring is 1. The first-order chi connectivity index (χ1) is 9.15. The van der Waals surface area contributed by atoms with Crippen molar-refractivity contribution in [1.29, 1.82) is 0 Å². The van der Waals surface area contributed by atoms with Gasteiger partial charge in [-0.3, -0.25) is 4.79 Å². The number of amides is 1. The summed E-state index contributed by atoms with van der Waals surface area (Å²) in [5.41, 5.74) is 7.38. The highest BCUT2D eigenvalue weighted by molar-refractivity contribution is 5.81. The minimum Gasteiger partial charge on any atom is -0.399 e. The standard InChI is InChI=1S/C14H21N3O2/c1-17(13-4-2-3-11(15)9-13)10-14(18)16-12-5-7-19-8-6-12/h2-4,9,12H,5-8,10,15H2,1H3,(H,16,18). The van der Waals surface area contributed by atoms with E-state index in [1.54, 1.807) is 0 Å². The lowest BCUT2D eigenvalue weighted by atomic mass is 10.1.